The Morgan fingerprint density at radius 3 is 2.88 bits per heavy atom. The minimum Gasteiger partial charge on any atom is -0.294 e. The average molecular weight is 151 g/mol. The molecule has 2 nitrogen and oxygen atoms in total. The molecule has 2 unspecified atom stereocenters. The molecule has 2 atom stereocenters. The van der Waals surface area contributed by atoms with E-state index >= 15 is 0 Å². The Balaban J connectivity index is 2.42. The van der Waals surface area contributed by atoms with Crippen LogP contribution in [0.3, 0.4) is 0 Å². The van der Waals surface area contributed by atoms with Crippen LogP contribution in [0.5, 0.6) is 0 Å². The third kappa shape index (κ3) is 1.24. The molecule has 0 bridgehead atoms. The molecular weight excluding hydrogens is 142 g/mol. The van der Waals surface area contributed by atoms with Crippen LogP contribution in [-0.2, 0) is 10.8 Å². The summed E-state index contributed by atoms with van der Waals surface area (Å²) in [5, 5.41) is 3.12. The normalized spacial score (nSPS) is 38.1. The van der Waals surface area contributed by atoms with Crippen molar-refractivity contribution in [2.45, 2.75) is 4.71 Å². The zero-order valence-electron chi connectivity index (χ0n) is 4.72. The van der Waals surface area contributed by atoms with Crippen molar-refractivity contribution in [1.29, 1.82) is 0 Å². The number of thioether (sulfide) groups is 1. The Hall–Kier alpha value is 0.460. The second-order valence-corrected chi connectivity index (χ2v) is 4.49. The highest BCUT2D eigenvalue weighted by Gasteiger charge is 2.19. The lowest BCUT2D eigenvalue weighted by Gasteiger charge is -2.01. The fourth-order valence-corrected chi connectivity index (χ4v) is 2.94. The zero-order chi connectivity index (χ0) is 5.98. The van der Waals surface area contributed by atoms with Gasteiger partial charge in [0.05, 0.1) is 10.8 Å². The summed E-state index contributed by atoms with van der Waals surface area (Å²) in [6.45, 7) is 0.915. The van der Waals surface area contributed by atoms with E-state index in [0.717, 1.165) is 12.3 Å². The summed E-state index contributed by atoms with van der Waals surface area (Å²) in [6.07, 6.45) is 1.97. The van der Waals surface area contributed by atoms with Crippen LogP contribution >= 0.6 is 11.8 Å². The van der Waals surface area contributed by atoms with Crippen LogP contribution in [0, 0.1) is 0 Å². The summed E-state index contributed by atoms with van der Waals surface area (Å²) >= 11 is 1.63. The summed E-state index contributed by atoms with van der Waals surface area (Å²) in [4.78, 5) is 0. The average Bonchev–Trinajstić information content (AvgIpc) is 2.14. The summed E-state index contributed by atoms with van der Waals surface area (Å²) < 4.78 is 11.0. The van der Waals surface area contributed by atoms with Crippen LogP contribution in [-0.4, -0.2) is 27.5 Å². The van der Waals surface area contributed by atoms with Gasteiger partial charge in [0.15, 0.2) is 0 Å². The monoisotopic (exact) mass is 151 g/mol. The van der Waals surface area contributed by atoms with Gasteiger partial charge in [-0.3, -0.25) is 9.53 Å². The quantitative estimate of drug-likeness (QED) is 0.571. The number of rotatable bonds is 1. The van der Waals surface area contributed by atoms with E-state index in [1.54, 1.807) is 11.8 Å². The van der Waals surface area contributed by atoms with Gasteiger partial charge in [0, 0.05) is 12.3 Å². The second kappa shape index (κ2) is 2.85. The molecule has 0 saturated carbocycles. The molecule has 48 valence electrons. The van der Waals surface area contributed by atoms with Crippen molar-refractivity contribution in [3.05, 3.63) is 0 Å². The second-order valence-electron chi connectivity index (χ2n) is 1.61. The van der Waals surface area contributed by atoms with Gasteiger partial charge >= 0.3 is 0 Å². The molecule has 1 N–H and O–H groups in total. The molecule has 0 radical (unpaired) electrons. The first-order valence-electron chi connectivity index (χ1n) is 2.48. The van der Waals surface area contributed by atoms with Crippen molar-refractivity contribution in [2.75, 3.05) is 18.6 Å². The number of hydrogen-bond donors (Lipinski definition) is 1. The molecule has 0 aromatic carbocycles. The minimum atomic E-state index is -0.609. The molecule has 0 aromatic heterocycles. The SMILES string of the molecule is CSC1NCCS1=O. The topological polar surface area (TPSA) is 29.1 Å². The van der Waals surface area contributed by atoms with Crippen LogP contribution < -0.4 is 5.32 Å². The molecule has 1 saturated heterocycles. The molecule has 1 heterocycles. The molecule has 0 aliphatic carbocycles. The van der Waals surface area contributed by atoms with E-state index in [0.29, 0.717) is 0 Å². The van der Waals surface area contributed by atoms with E-state index in [1.807, 2.05) is 6.26 Å². The van der Waals surface area contributed by atoms with Crippen LogP contribution in [0.4, 0.5) is 0 Å². The smallest absolute Gasteiger partial charge is 0.130 e. The van der Waals surface area contributed by atoms with Crippen molar-refractivity contribution in [2.24, 2.45) is 0 Å². The summed E-state index contributed by atoms with van der Waals surface area (Å²) in [7, 11) is -0.609. The Labute approximate surface area is 55.9 Å². The minimum absolute atomic E-state index is 0.204. The maximum absolute atomic E-state index is 10.8. The van der Waals surface area contributed by atoms with Crippen LogP contribution in [0.1, 0.15) is 0 Å². The van der Waals surface area contributed by atoms with Crippen molar-refractivity contribution in [1.82, 2.24) is 5.32 Å². The van der Waals surface area contributed by atoms with E-state index in [9.17, 15) is 4.21 Å². The third-order valence-corrected chi connectivity index (χ3v) is 4.13. The van der Waals surface area contributed by atoms with E-state index in [4.69, 9.17) is 0 Å². The molecule has 8 heavy (non-hydrogen) atoms. The highest BCUT2D eigenvalue weighted by atomic mass is 32.2. The number of nitrogens with one attached hydrogen (secondary N) is 1. The van der Waals surface area contributed by atoms with E-state index in [2.05, 4.69) is 5.32 Å². The lowest BCUT2D eigenvalue weighted by atomic mass is 10.8. The highest BCUT2D eigenvalue weighted by molar-refractivity contribution is 8.11. The number of hydrogen-bond acceptors (Lipinski definition) is 3. The van der Waals surface area contributed by atoms with Crippen molar-refractivity contribution < 1.29 is 4.21 Å². The Morgan fingerprint density at radius 1 is 1.88 bits per heavy atom. The van der Waals surface area contributed by atoms with Gasteiger partial charge in [0.1, 0.15) is 4.71 Å². The van der Waals surface area contributed by atoms with Crippen LogP contribution in [0.25, 0.3) is 0 Å². The maximum atomic E-state index is 10.8. The fourth-order valence-electron chi connectivity index (χ4n) is 0.668. The third-order valence-electron chi connectivity index (χ3n) is 1.07. The largest absolute Gasteiger partial charge is 0.294 e. The van der Waals surface area contributed by atoms with Gasteiger partial charge in [-0.1, -0.05) is 0 Å². The fraction of sp³-hybridized carbons (Fsp3) is 1.00. The standard InChI is InChI=1S/C4H9NOS2/c1-7-4-5-2-3-8(4)6/h4-5H,2-3H2,1H3. The predicted octanol–water partition coefficient (Wildman–Crippen LogP) is -0.0151. The van der Waals surface area contributed by atoms with Crippen molar-refractivity contribution in [3.8, 4) is 0 Å². The van der Waals surface area contributed by atoms with Gasteiger partial charge in [0.2, 0.25) is 0 Å². The lowest BCUT2D eigenvalue weighted by Crippen LogP contribution is -2.19. The van der Waals surface area contributed by atoms with Crippen molar-refractivity contribution >= 4 is 22.6 Å². The Morgan fingerprint density at radius 2 is 2.62 bits per heavy atom. The van der Waals surface area contributed by atoms with Gasteiger partial charge in [-0.2, -0.15) is 0 Å². The Kier molecular flexibility index (Phi) is 2.34. The van der Waals surface area contributed by atoms with E-state index in [1.165, 1.54) is 0 Å². The summed E-state index contributed by atoms with van der Waals surface area (Å²) in [5.41, 5.74) is 0. The maximum Gasteiger partial charge on any atom is 0.130 e. The summed E-state index contributed by atoms with van der Waals surface area (Å²) in [6, 6.07) is 0. The van der Waals surface area contributed by atoms with E-state index in [-0.39, 0.29) is 4.71 Å². The van der Waals surface area contributed by atoms with Gasteiger partial charge in [-0.25, -0.2) is 0 Å². The van der Waals surface area contributed by atoms with Crippen molar-refractivity contribution in [3.63, 3.8) is 0 Å². The first-order chi connectivity index (χ1) is 3.84. The first kappa shape index (κ1) is 6.58. The van der Waals surface area contributed by atoms with Gasteiger partial charge in [0.25, 0.3) is 0 Å². The predicted molar refractivity (Wildman–Crippen MR) is 38.3 cm³/mol. The van der Waals surface area contributed by atoms with Crippen LogP contribution in [0.2, 0.25) is 0 Å². The Bertz CT molecular complexity index is 106. The van der Waals surface area contributed by atoms with Gasteiger partial charge in [-0.15, -0.1) is 11.8 Å². The molecule has 4 heteroatoms. The van der Waals surface area contributed by atoms with Gasteiger partial charge in [-0.05, 0) is 6.26 Å². The molecule has 1 fully saturated rings. The molecule has 0 spiro atoms. The molecule has 1 aliphatic rings. The molecule has 1 rings (SSSR count). The molecule has 1 aliphatic heterocycles. The zero-order valence-corrected chi connectivity index (χ0v) is 6.35. The summed E-state index contributed by atoms with van der Waals surface area (Å²) in [5.74, 6) is 0.825. The van der Waals surface area contributed by atoms with E-state index < -0.39 is 10.8 Å². The highest BCUT2D eigenvalue weighted by Crippen LogP contribution is 2.11. The lowest BCUT2D eigenvalue weighted by molar-refractivity contribution is 0.684. The van der Waals surface area contributed by atoms with Gasteiger partial charge < -0.3 is 0 Å². The van der Waals surface area contributed by atoms with Crippen LogP contribution in [0.15, 0.2) is 0 Å². The first-order valence-corrected chi connectivity index (χ1v) is 5.15. The molecule has 0 aromatic rings. The molecule has 0 amide bonds. The molecular formula is C4H9NOS2.